The van der Waals surface area contributed by atoms with Gasteiger partial charge in [0.05, 0.1) is 5.56 Å². The Morgan fingerprint density at radius 1 is 1.33 bits per heavy atom. The van der Waals surface area contributed by atoms with Gasteiger partial charge in [-0.05, 0) is 37.3 Å². The fourth-order valence-corrected chi connectivity index (χ4v) is 2.09. The molecule has 0 unspecified atom stereocenters. The van der Waals surface area contributed by atoms with Crippen molar-refractivity contribution in [2.75, 3.05) is 12.4 Å². The van der Waals surface area contributed by atoms with Gasteiger partial charge < -0.3 is 5.32 Å². The van der Waals surface area contributed by atoms with Crippen molar-refractivity contribution in [2.24, 2.45) is 0 Å². The molecule has 0 spiro atoms. The topological polar surface area (TPSA) is 48.7 Å². The number of nitriles is 1. The van der Waals surface area contributed by atoms with E-state index in [0.717, 1.165) is 18.7 Å². The van der Waals surface area contributed by atoms with E-state index in [9.17, 15) is 0 Å². The van der Waals surface area contributed by atoms with Crippen LogP contribution in [0.3, 0.4) is 0 Å². The summed E-state index contributed by atoms with van der Waals surface area (Å²) in [6.45, 7) is 0. The van der Waals surface area contributed by atoms with Crippen LogP contribution in [0.4, 0.5) is 5.82 Å². The van der Waals surface area contributed by atoms with E-state index in [1.165, 1.54) is 30.5 Å². The van der Waals surface area contributed by atoms with Crippen molar-refractivity contribution >= 4 is 5.82 Å². The highest BCUT2D eigenvalue weighted by molar-refractivity contribution is 5.54. The molecule has 1 heterocycles. The largest absolute Gasteiger partial charge is 0.372 e. The lowest BCUT2D eigenvalue weighted by molar-refractivity contribution is 0.709. The zero-order valence-electron chi connectivity index (χ0n) is 9.01. The second kappa shape index (κ2) is 4.31. The van der Waals surface area contributed by atoms with Crippen LogP contribution in [0.2, 0.25) is 0 Å². The molecule has 3 heteroatoms. The quantitative estimate of drug-likeness (QED) is 0.709. The minimum Gasteiger partial charge on any atom is -0.372 e. The van der Waals surface area contributed by atoms with Gasteiger partial charge >= 0.3 is 0 Å². The van der Waals surface area contributed by atoms with Crippen LogP contribution in [0.25, 0.3) is 0 Å². The number of hydrogen-bond acceptors (Lipinski definition) is 3. The lowest BCUT2D eigenvalue weighted by Gasteiger charge is -2.09. The van der Waals surface area contributed by atoms with Gasteiger partial charge in [-0.2, -0.15) is 5.26 Å². The normalized spacial score (nSPS) is 14.9. The summed E-state index contributed by atoms with van der Waals surface area (Å²) in [6, 6.07) is 4.19. The molecule has 0 saturated heterocycles. The van der Waals surface area contributed by atoms with Gasteiger partial charge in [-0.3, -0.25) is 0 Å². The summed E-state index contributed by atoms with van der Waals surface area (Å²) in [4.78, 5) is 4.53. The standard InChI is InChI=1S/C12H15N3/c1-14-12-10(8-13)7-9-5-3-2-4-6-11(9)15-12/h7H,2-6H2,1H3,(H,14,15). The van der Waals surface area contributed by atoms with Gasteiger partial charge in [-0.25, -0.2) is 4.98 Å². The van der Waals surface area contributed by atoms with E-state index < -0.39 is 0 Å². The maximum atomic E-state index is 8.99. The van der Waals surface area contributed by atoms with Crippen LogP contribution in [0, 0.1) is 11.3 Å². The monoisotopic (exact) mass is 201 g/mol. The number of nitrogens with one attached hydrogen (secondary N) is 1. The number of anilines is 1. The number of aryl methyl sites for hydroxylation is 2. The first-order valence-corrected chi connectivity index (χ1v) is 5.46. The molecular weight excluding hydrogens is 186 g/mol. The molecule has 3 nitrogen and oxygen atoms in total. The first-order valence-electron chi connectivity index (χ1n) is 5.46. The molecule has 1 aromatic rings. The van der Waals surface area contributed by atoms with E-state index in [4.69, 9.17) is 5.26 Å². The molecule has 15 heavy (non-hydrogen) atoms. The molecule has 0 aromatic carbocycles. The van der Waals surface area contributed by atoms with Crippen molar-refractivity contribution in [3.63, 3.8) is 0 Å². The molecule has 0 amide bonds. The smallest absolute Gasteiger partial charge is 0.143 e. The summed E-state index contributed by atoms with van der Waals surface area (Å²) >= 11 is 0. The Morgan fingerprint density at radius 2 is 2.13 bits per heavy atom. The Morgan fingerprint density at radius 3 is 2.87 bits per heavy atom. The molecule has 0 saturated carbocycles. The van der Waals surface area contributed by atoms with Crippen LogP contribution < -0.4 is 5.32 Å². The predicted octanol–water partition coefficient (Wildman–Crippen LogP) is 2.26. The molecule has 78 valence electrons. The van der Waals surface area contributed by atoms with Crippen LogP contribution in [0.1, 0.15) is 36.1 Å². The third kappa shape index (κ3) is 1.94. The maximum Gasteiger partial charge on any atom is 0.143 e. The van der Waals surface area contributed by atoms with Crippen LogP contribution in [0.15, 0.2) is 6.07 Å². The average molecular weight is 201 g/mol. The third-order valence-electron chi connectivity index (χ3n) is 2.91. The predicted molar refractivity (Wildman–Crippen MR) is 59.8 cm³/mol. The van der Waals surface area contributed by atoms with E-state index >= 15 is 0 Å². The van der Waals surface area contributed by atoms with E-state index in [1.807, 2.05) is 13.1 Å². The molecule has 2 rings (SSSR count). The highest BCUT2D eigenvalue weighted by Gasteiger charge is 2.13. The zero-order valence-corrected chi connectivity index (χ0v) is 9.01. The number of nitrogens with zero attached hydrogens (tertiary/aromatic N) is 2. The Bertz CT molecular complexity index is 404. The van der Waals surface area contributed by atoms with Crippen LogP contribution in [-0.4, -0.2) is 12.0 Å². The molecule has 0 radical (unpaired) electrons. The number of rotatable bonds is 1. The Labute approximate surface area is 90.1 Å². The van der Waals surface area contributed by atoms with Gasteiger partial charge in [-0.1, -0.05) is 6.42 Å². The Hall–Kier alpha value is -1.56. The van der Waals surface area contributed by atoms with Gasteiger partial charge in [-0.15, -0.1) is 0 Å². The second-order valence-corrected chi connectivity index (χ2v) is 3.91. The lowest BCUT2D eigenvalue weighted by Crippen LogP contribution is -2.03. The summed E-state index contributed by atoms with van der Waals surface area (Å²) < 4.78 is 0. The summed E-state index contributed by atoms with van der Waals surface area (Å²) in [5.41, 5.74) is 3.11. The van der Waals surface area contributed by atoms with Gasteiger partial charge in [0.25, 0.3) is 0 Å². The van der Waals surface area contributed by atoms with Crippen molar-refractivity contribution in [3.05, 3.63) is 22.9 Å². The van der Waals surface area contributed by atoms with Crippen molar-refractivity contribution in [1.29, 1.82) is 5.26 Å². The second-order valence-electron chi connectivity index (χ2n) is 3.91. The Balaban J connectivity index is 2.47. The number of aromatic nitrogens is 1. The summed E-state index contributed by atoms with van der Waals surface area (Å²) in [6.07, 6.45) is 5.83. The van der Waals surface area contributed by atoms with E-state index in [0.29, 0.717) is 5.56 Å². The fourth-order valence-electron chi connectivity index (χ4n) is 2.09. The van der Waals surface area contributed by atoms with E-state index in [1.54, 1.807) is 0 Å². The number of hydrogen-bond donors (Lipinski definition) is 1. The fraction of sp³-hybridized carbons (Fsp3) is 0.500. The molecule has 0 fully saturated rings. The minimum atomic E-state index is 0.665. The number of fused-ring (bicyclic) bond motifs is 1. The molecule has 1 N–H and O–H groups in total. The first-order chi connectivity index (χ1) is 7.35. The van der Waals surface area contributed by atoms with Gasteiger partial charge in [0.15, 0.2) is 0 Å². The van der Waals surface area contributed by atoms with Gasteiger partial charge in [0.1, 0.15) is 11.9 Å². The Kier molecular flexibility index (Phi) is 2.86. The van der Waals surface area contributed by atoms with Gasteiger partial charge in [0.2, 0.25) is 0 Å². The average Bonchev–Trinajstić information content (AvgIpc) is 2.51. The van der Waals surface area contributed by atoms with Crippen molar-refractivity contribution in [2.45, 2.75) is 32.1 Å². The summed E-state index contributed by atoms with van der Waals surface area (Å²) in [5, 5.41) is 12.0. The molecule has 1 aromatic heterocycles. The van der Waals surface area contributed by atoms with Gasteiger partial charge in [0, 0.05) is 12.7 Å². The van der Waals surface area contributed by atoms with Crippen LogP contribution >= 0.6 is 0 Å². The highest BCUT2D eigenvalue weighted by Crippen LogP contribution is 2.23. The number of pyridine rings is 1. The van der Waals surface area contributed by atoms with Crippen molar-refractivity contribution < 1.29 is 0 Å². The van der Waals surface area contributed by atoms with Crippen LogP contribution in [0.5, 0.6) is 0 Å². The van der Waals surface area contributed by atoms with E-state index in [-0.39, 0.29) is 0 Å². The molecule has 0 atom stereocenters. The SMILES string of the molecule is CNc1nc2c(cc1C#N)CCCCC2. The summed E-state index contributed by atoms with van der Waals surface area (Å²) in [7, 11) is 1.81. The molecule has 1 aliphatic carbocycles. The van der Waals surface area contributed by atoms with Crippen molar-refractivity contribution in [3.8, 4) is 6.07 Å². The minimum absolute atomic E-state index is 0.665. The first kappa shape index (κ1) is 9.97. The van der Waals surface area contributed by atoms with E-state index in [2.05, 4.69) is 16.4 Å². The molecule has 1 aliphatic rings. The van der Waals surface area contributed by atoms with Crippen LogP contribution in [-0.2, 0) is 12.8 Å². The molecular formula is C12H15N3. The maximum absolute atomic E-state index is 8.99. The summed E-state index contributed by atoms with van der Waals surface area (Å²) in [5.74, 6) is 0.721. The molecule has 0 aliphatic heterocycles. The van der Waals surface area contributed by atoms with Crippen molar-refractivity contribution in [1.82, 2.24) is 4.98 Å². The highest BCUT2D eigenvalue weighted by atomic mass is 15.0. The zero-order chi connectivity index (χ0) is 10.7. The third-order valence-corrected chi connectivity index (χ3v) is 2.91. The lowest BCUT2D eigenvalue weighted by atomic mass is 10.1. The molecule has 0 bridgehead atoms.